The smallest absolute Gasteiger partial charge is 0.0335 e. The van der Waals surface area contributed by atoms with Gasteiger partial charge in [-0.2, -0.15) is 11.8 Å². The van der Waals surface area contributed by atoms with E-state index in [-0.39, 0.29) is 0 Å². The summed E-state index contributed by atoms with van der Waals surface area (Å²) in [5.41, 5.74) is 6.65. The van der Waals surface area contributed by atoms with Crippen LogP contribution >= 0.6 is 11.8 Å². The van der Waals surface area contributed by atoms with E-state index in [4.69, 9.17) is 5.73 Å². The molecule has 3 heteroatoms. The molecule has 3 aliphatic rings. The monoisotopic (exact) mass is 282 g/mol. The highest BCUT2D eigenvalue weighted by Crippen LogP contribution is 2.48. The first-order valence-electron chi connectivity index (χ1n) is 8.34. The lowest BCUT2D eigenvalue weighted by molar-refractivity contribution is 0.0332. The van der Waals surface area contributed by atoms with Crippen molar-refractivity contribution in [1.29, 1.82) is 0 Å². The second-order valence-electron chi connectivity index (χ2n) is 6.97. The quantitative estimate of drug-likeness (QED) is 0.859. The van der Waals surface area contributed by atoms with Crippen LogP contribution in [0.4, 0.5) is 0 Å². The summed E-state index contributed by atoms with van der Waals surface area (Å²) in [6.45, 7) is 5.78. The predicted molar refractivity (Wildman–Crippen MR) is 84.6 cm³/mol. The standard InChI is InChI=1S/C16H30N2S/c1-2-15-11-18(8-9-19-15)16(12-17)7-3-4-14(10-16)13-5-6-13/h13-15H,2-12,17H2,1H3. The molecule has 2 N–H and O–H groups in total. The van der Waals surface area contributed by atoms with Crippen molar-refractivity contribution >= 4 is 11.8 Å². The van der Waals surface area contributed by atoms with Crippen LogP contribution in [0, 0.1) is 11.8 Å². The first-order chi connectivity index (χ1) is 9.27. The Labute approximate surface area is 122 Å². The van der Waals surface area contributed by atoms with Crippen LogP contribution in [-0.4, -0.2) is 41.1 Å². The largest absolute Gasteiger partial charge is 0.329 e. The SMILES string of the molecule is CCC1CN(C2(CN)CCCC(C3CC3)C2)CCS1. The van der Waals surface area contributed by atoms with Crippen molar-refractivity contribution in [2.75, 3.05) is 25.4 Å². The average molecular weight is 282 g/mol. The fourth-order valence-electron chi connectivity index (χ4n) is 4.35. The van der Waals surface area contributed by atoms with Crippen molar-refractivity contribution in [3.05, 3.63) is 0 Å². The minimum Gasteiger partial charge on any atom is -0.329 e. The number of thioether (sulfide) groups is 1. The van der Waals surface area contributed by atoms with Crippen molar-refractivity contribution in [3.8, 4) is 0 Å². The molecule has 2 aliphatic carbocycles. The summed E-state index contributed by atoms with van der Waals surface area (Å²) in [7, 11) is 0. The summed E-state index contributed by atoms with van der Waals surface area (Å²) in [5.74, 6) is 3.37. The molecule has 0 bridgehead atoms. The van der Waals surface area contributed by atoms with E-state index in [1.54, 1.807) is 0 Å². The highest BCUT2D eigenvalue weighted by atomic mass is 32.2. The van der Waals surface area contributed by atoms with Gasteiger partial charge >= 0.3 is 0 Å². The molecule has 3 fully saturated rings. The van der Waals surface area contributed by atoms with Gasteiger partial charge in [0, 0.05) is 36.2 Å². The van der Waals surface area contributed by atoms with E-state index in [9.17, 15) is 0 Å². The molecule has 0 aromatic heterocycles. The van der Waals surface area contributed by atoms with Crippen LogP contribution in [0.3, 0.4) is 0 Å². The predicted octanol–water partition coefficient (Wildman–Crippen LogP) is 3.11. The van der Waals surface area contributed by atoms with Crippen molar-refractivity contribution in [2.24, 2.45) is 17.6 Å². The van der Waals surface area contributed by atoms with Gasteiger partial charge in [-0.15, -0.1) is 0 Å². The summed E-state index contributed by atoms with van der Waals surface area (Å²) >= 11 is 2.18. The van der Waals surface area contributed by atoms with Crippen LogP contribution in [0.5, 0.6) is 0 Å². The molecule has 3 unspecified atom stereocenters. The molecule has 2 nitrogen and oxygen atoms in total. The van der Waals surface area contributed by atoms with Gasteiger partial charge in [0.1, 0.15) is 0 Å². The van der Waals surface area contributed by atoms with Gasteiger partial charge in [0.25, 0.3) is 0 Å². The van der Waals surface area contributed by atoms with E-state index >= 15 is 0 Å². The van der Waals surface area contributed by atoms with Crippen LogP contribution in [-0.2, 0) is 0 Å². The van der Waals surface area contributed by atoms with Crippen LogP contribution < -0.4 is 5.73 Å². The van der Waals surface area contributed by atoms with Gasteiger partial charge in [0.15, 0.2) is 0 Å². The van der Waals surface area contributed by atoms with E-state index in [1.807, 2.05) is 0 Å². The van der Waals surface area contributed by atoms with E-state index in [0.29, 0.717) is 5.54 Å². The van der Waals surface area contributed by atoms with Crippen molar-refractivity contribution < 1.29 is 0 Å². The fourth-order valence-corrected chi connectivity index (χ4v) is 5.53. The zero-order valence-electron chi connectivity index (χ0n) is 12.4. The Kier molecular flexibility index (Phi) is 4.45. The van der Waals surface area contributed by atoms with Gasteiger partial charge in [-0.05, 0) is 43.9 Å². The summed E-state index contributed by atoms with van der Waals surface area (Å²) in [6, 6.07) is 0. The maximum absolute atomic E-state index is 6.29. The van der Waals surface area contributed by atoms with Gasteiger partial charge in [-0.25, -0.2) is 0 Å². The van der Waals surface area contributed by atoms with E-state index in [0.717, 1.165) is 23.6 Å². The van der Waals surface area contributed by atoms with Crippen LogP contribution in [0.15, 0.2) is 0 Å². The van der Waals surface area contributed by atoms with Gasteiger partial charge in [-0.3, -0.25) is 4.90 Å². The Hall–Kier alpha value is 0.270. The number of rotatable bonds is 4. The molecular weight excluding hydrogens is 252 g/mol. The normalized spacial score (nSPS) is 41.4. The van der Waals surface area contributed by atoms with E-state index in [2.05, 4.69) is 23.6 Å². The number of hydrogen-bond acceptors (Lipinski definition) is 3. The molecule has 3 atom stereocenters. The molecule has 110 valence electrons. The first kappa shape index (κ1) is 14.2. The van der Waals surface area contributed by atoms with Gasteiger partial charge in [-0.1, -0.05) is 19.8 Å². The lowest BCUT2D eigenvalue weighted by Crippen LogP contribution is -2.59. The van der Waals surface area contributed by atoms with Crippen molar-refractivity contribution in [3.63, 3.8) is 0 Å². The lowest BCUT2D eigenvalue weighted by Gasteiger charge is -2.51. The van der Waals surface area contributed by atoms with Crippen LogP contribution in [0.2, 0.25) is 0 Å². The lowest BCUT2D eigenvalue weighted by atomic mass is 9.72. The highest BCUT2D eigenvalue weighted by molar-refractivity contribution is 8.00. The molecule has 0 amide bonds. The van der Waals surface area contributed by atoms with Crippen LogP contribution in [0.1, 0.15) is 51.9 Å². The Balaban J connectivity index is 1.69. The maximum atomic E-state index is 6.29. The van der Waals surface area contributed by atoms with Crippen molar-refractivity contribution in [1.82, 2.24) is 4.90 Å². The summed E-state index contributed by atoms with van der Waals surface area (Å²) < 4.78 is 0. The maximum Gasteiger partial charge on any atom is 0.0335 e. The second kappa shape index (κ2) is 5.95. The molecule has 0 radical (unpaired) electrons. The van der Waals surface area contributed by atoms with Crippen LogP contribution in [0.25, 0.3) is 0 Å². The number of nitrogens with two attached hydrogens (primary N) is 1. The molecular formula is C16H30N2S. The number of hydrogen-bond donors (Lipinski definition) is 1. The zero-order valence-corrected chi connectivity index (χ0v) is 13.3. The average Bonchev–Trinajstić information content (AvgIpc) is 3.32. The molecule has 19 heavy (non-hydrogen) atoms. The molecule has 1 aliphatic heterocycles. The fraction of sp³-hybridized carbons (Fsp3) is 1.00. The van der Waals surface area contributed by atoms with Gasteiger partial charge < -0.3 is 5.73 Å². The highest BCUT2D eigenvalue weighted by Gasteiger charge is 2.45. The molecule has 0 spiro atoms. The molecule has 3 rings (SSSR count). The summed E-state index contributed by atoms with van der Waals surface area (Å²) in [6.07, 6.45) is 9.96. The zero-order chi connectivity index (χ0) is 13.3. The molecule has 0 aromatic carbocycles. The molecule has 2 saturated carbocycles. The van der Waals surface area contributed by atoms with Gasteiger partial charge in [0.05, 0.1) is 0 Å². The molecule has 1 heterocycles. The second-order valence-corrected chi connectivity index (χ2v) is 8.38. The summed E-state index contributed by atoms with van der Waals surface area (Å²) in [4.78, 5) is 2.80. The first-order valence-corrected chi connectivity index (χ1v) is 9.39. The molecule has 0 aromatic rings. The van der Waals surface area contributed by atoms with Gasteiger partial charge in [0.2, 0.25) is 0 Å². The third-order valence-corrected chi connectivity index (χ3v) is 7.16. The Morgan fingerprint density at radius 1 is 1.26 bits per heavy atom. The molecule has 1 saturated heterocycles. The minimum absolute atomic E-state index is 0.361. The number of nitrogens with zero attached hydrogens (tertiary/aromatic N) is 1. The van der Waals surface area contributed by atoms with E-state index in [1.165, 1.54) is 63.8 Å². The van der Waals surface area contributed by atoms with E-state index < -0.39 is 0 Å². The Morgan fingerprint density at radius 3 is 2.79 bits per heavy atom. The summed E-state index contributed by atoms with van der Waals surface area (Å²) in [5, 5.41) is 0.846. The topological polar surface area (TPSA) is 29.3 Å². The third-order valence-electron chi connectivity index (χ3n) is 5.79. The Bertz CT molecular complexity index is 305. The Morgan fingerprint density at radius 2 is 2.11 bits per heavy atom. The van der Waals surface area contributed by atoms with Crippen molar-refractivity contribution in [2.45, 2.75) is 62.7 Å². The third kappa shape index (κ3) is 2.98. The minimum atomic E-state index is 0.361.